The number of carbonyl (C=O) groups is 4. The monoisotopic (exact) mass is 341 g/mol. The van der Waals surface area contributed by atoms with Crippen LogP contribution in [0.2, 0.25) is 0 Å². The summed E-state index contributed by atoms with van der Waals surface area (Å²) in [5.74, 6) is 0.222. The van der Waals surface area contributed by atoms with E-state index < -0.39 is 6.04 Å². The van der Waals surface area contributed by atoms with Crippen molar-refractivity contribution in [2.24, 2.45) is 0 Å². The van der Waals surface area contributed by atoms with Crippen molar-refractivity contribution in [2.45, 2.75) is 51.6 Å². The summed E-state index contributed by atoms with van der Waals surface area (Å²) in [6.45, 7) is 5.78. The third-order valence-electron chi connectivity index (χ3n) is 3.71. The van der Waals surface area contributed by atoms with E-state index >= 15 is 0 Å². The average Bonchev–Trinajstić information content (AvgIpc) is 3.03. The number of imide groups is 1. The van der Waals surface area contributed by atoms with Gasteiger partial charge in [0.05, 0.1) is 5.88 Å². The van der Waals surface area contributed by atoms with Crippen LogP contribution < -0.4 is 5.32 Å². The van der Waals surface area contributed by atoms with Gasteiger partial charge in [-0.3, -0.25) is 24.1 Å². The van der Waals surface area contributed by atoms with E-state index in [0.29, 0.717) is 11.6 Å². The van der Waals surface area contributed by atoms with Gasteiger partial charge in [0.15, 0.2) is 0 Å². The molecule has 2 heterocycles. The molecule has 0 spiro atoms. The fourth-order valence-corrected chi connectivity index (χ4v) is 3.76. The molecule has 0 aromatic carbocycles. The summed E-state index contributed by atoms with van der Waals surface area (Å²) in [5.41, 5.74) is -0.354. The van der Waals surface area contributed by atoms with Gasteiger partial charge in [0.25, 0.3) is 0 Å². The summed E-state index contributed by atoms with van der Waals surface area (Å²) in [6.07, 6.45) is 0.518. The fraction of sp³-hybridized carbons (Fsp3) is 0.733. The van der Waals surface area contributed by atoms with Crippen molar-refractivity contribution in [3.8, 4) is 0 Å². The van der Waals surface area contributed by atoms with Crippen LogP contribution >= 0.6 is 11.8 Å². The first kappa shape index (κ1) is 17.8. The lowest BCUT2D eigenvalue weighted by atomic mass is 10.1. The number of nitrogens with one attached hydrogen (secondary N) is 1. The van der Waals surface area contributed by atoms with Gasteiger partial charge in [-0.1, -0.05) is 0 Å². The lowest BCUT2D eigenvalue weighted by Gasteiger charge is -2.28. The molecule has 0 aliphatic carbocycles. The minimum absolute atomic E-state index is 0.0668. The van der Waals surface area contributed by atoms with Crippen LogP contribution in [0, 0.1) is 0 Å². The number of carbonyl (C=O) groups excluding carboxylic acids is 4. The first-order valence-electron chi connectivity index (χ1n) is 7.71. The van der Waals surface area contributed by atoms with Crippen LogP contribution in [0.3, 0.4) is 0 Å². The van der Waals surface area contributed by atoms with Crippen molar-refractivity contribution >= 4 is 35.4 Å². The minimum atomic E-state index is -0.489. The second-order valence-corrected chi connectivity index (χ2v) is 7.81. The van der Waals surface area contributed by atoms with E-state index in [1.807, 2.05) is 20.8 Å². The Balaban J connectivity index is 1.91. The molecular formula is C15H23N3O4S. The molecular weight excluding hydrogens is 318 g/mol. The van der Waals surface area contributed by atoms with Crippen molar-refractivity contribution in [2.75, 3.05) is 18.2 Å². The quantitative estimate of drug-likeness (QED) is 0.745. The van der Waals surface area contributed by atoms with Gasteiger partial charge in [-0.05, 0) is 20.8 Å². The number of rotatable bonds is 4. The van der Waals surface area contributed by atoms with Gasteiger partial charge in [-0.25, -0.2) is 0 Å². The second-order valence-electron chi connectivity index (χ2n) is 6.81. The van der Waals surface area contributed by atoms with E-state index in [1.165, 1.54) is 16.7 Å². The molecule has 1 atom stereocenters. The largest absolute Gasteiger partial charge is 0.350 e. The summed E-state index contributed by atoms with van der Waals surface area (Å²) in [7, 11) is 0. The number of amides is 4. The van der Waals surface area contributed by atoms with Gasteiger partial charge in [-0.15, -0.1) is 11.8 Å². The van der Waals surface area contributed by atoms with Crippen molar-refractivity contribution in [3.05, 3.63) is 0 Å². The van der Waals surface area contributed by atoms with Crippen molar-refractivity contribution in [1.29, 1.82) is 0 Å². The third kappa shape index (κ3) is 4.46. The van der Waals surface area contributed by atoms with Gasteiger partial charge < -0.3 is 10.2 Å². The molecule has 0 aromatic rings. The molecule has 0 saturated carbocycles. The number of hydrogen-bond donors (Lipinski definition) is 1. The Kier molecular flexibility index (Phi) is 5.33. The topological polar surface area (TPSA) is 86.8 Å². The molecule has 1 unspecified atom stereocenters. The fourth-order valence-electron chi connectivity index (χ4n) is 2.58. The molecule has 2 saturated heterocycles. The predicted molar refractivity (Wildman–Crippen MR) is 86.4 cm³/mol. The van der Waals surface area contributed by atoms with Crippen LogP contribution in [0.15, 0.2) is 0 Å². The van der Waals surface area contributed by atoms with Gasteiger partial charge in [0.2, 0.25) is 23.6 Å². The second kappa shape index (κ2) is 6.90. The maximum absolute atomic E-state index is 12.4. The Hall–Kier alpha value is -1.57. The molecule has 1 N–H and O–H groups in total. The maximum Gasteiger partial charge on any atom is 0.244 e. The van der Waals surface area contributed by atoms with Crippen LogP contribution in [-0.2, 0) is 19.2 Å². The number of hydrogen-bond acceptors (Lipinski definition) is 5. The SMILES string of the molecule is CC(C)(C)NC(=O)C1CSCN1C(=O)CCN1C(=O)CCC1=O. The molecule has 7 nitrogen and oxygen atoms in total. The molecule has 2 fully saturated rings. The van der Waals surface area contributed by atoms with Gasteiger partial charge in [0.1, 0.15) is 6.04 Å². The van der Waals surface area contributed by atoms with Gasteiger partial charge in [-0.2, -0.15) is 0 Å². The molecule has 8 heteroatoms. The van der Waals surface area contributed by atoms with E-state index in [1.54, 1.807) is 0 Å². The van der Waals surface area contributed by atoms with Crippen molar-refractivity contribution < 1.29 is 19.2 Å². The lowest BCUT2D eigenvalue weighted by molar-refractivity contribution is -0.141. The van der Waals surface area contributed by atoms with Crippen molar-refractivity contribution in [1.82, 2.24) is 15.1 Å². The van der Waals surface area contributed by atoms with Crippen LogP contribution in [0.5, 0.6) is 0 Å². The molecule has 0 aromatic heterocycles. The summed E-state index contributed by atoms with van der Waals surface area (Å²) >= 11 is 1.53. The zero-order valence-corrected chi connectivity index (χ0v) is 14.6. The third-order valence-corrected chi connectivity index (χ3v) is 4.72. The van der Waals surface area contributed by atoms with E-state index in [0.717, 1.165) is 4.90 Å². The standard InChI is InChI=1S/C15H23N3O4S/c1-15(2,3)16-14(22)10-8-23-9-18(10)13(21)6-7-17-11(19)4-5-12(17)20/h10H,4-9H2,1-3H3,(H,16,22). The van der Waals surface area contributed by atoms with E-state index in [4.69, 9.17) is 0 Å². The van der Waals surface area contributed by atoms with Crippen molar-refractivity contribution in [3.63, 3.8) is 0 Å². The molecule has 4 amide bonds. The van der Waals surface area contributed by atoms with Crippen LogP contribution in [0.1, 0.15) is 40.0 Å². The molecule has 128 valence electrons. The van der Waals surface area contributed by atoms with Gasteiger partial charge >= 0.3 is 0 Å². The Morgan fingerprint density at radius 1 is 1.22 bits per heavy atom. The smallest absolute Gasteiger partial charge is 0.244 e. The highest BCUT2D eigenvalue weighted by molar-refractivity contribution is 7.99. The first-order chi connectivity index (χ1) is 10.7. The molecule has 0 bridgehead atoms. The molecule has 2 aliphatic heterocycles. The molecule has 23 heavy (non-hydrogen) atoms. The summed E-state index contributed by atoms with van der Waals surface area (Å²) < 4.78 is 0. The summed E-state index contributed by atoms with van der Waals surface area (Å²) in [6, 6.07) is -0.489. The maximum atomic E-state index is 12.4. The number of nitrogens with zero attached hydrogens (tertiary/aromatic N) is 2. The molecule has 2 rings (SSSR count). The summed E-state index contributed by atoms with van der Waals surface area (Å²) in [5, 5.41) is 2.89. The Labute approximate surface area is 140 Å². The highest BCUT2D eigenvalue weighted by Crippen LogP contribution is 2.23. The van der Waals surface area contributed by atoms with E-state index in [9.17, 15) is 19.2 Å². The van der Waals surface area contributed by atoms with Crippen LogP contribution in [0.25, 0.3) is 0 Å². The average molecular weight is 341 g/mol. The Morgan fingerprint density at radius 2 is 1.83 bits per heavy atom. The lowest BCUT2D eigenvalue weighted by Crippen LogP contribution is -2.52. The zero-order valence-electron chi connectivity index (χ0n) is 13.8. The van der Waals surface area contributed by atoms with Crippen LogP contribution in [-0.4, -0.2) is 63.2 Å². The molecule has 2 aliphatic rings. The Morgan fingerprint density at radius 3 is 2.39 bits per heavy atom. The first-order valence-corrected chi connectivity index (χ1v) is 8.87. The van der Waals surface area contributed by atoms with E-state index in [-0.39, 0.29) is 55.0 Å². The number of likely N-dealkylation sites (tertiary alicyclic amines) is 1. The number of thioether (sulfide) groups is 1. The van der Waals surface area contributed by atoms with Crippen LogP contribution in [0.4, 0.5) is 0 Å². The minimum Gasteiger partial charge on any atom is -0.350 e. The predicted octanol–water partition coefficient (Wildman–Crippen LogP) is 0.342. The summed E-state index contributed by atoms with van der Waals surface area (Å²) in [4.78, 5) is 50.5. The highest BCUT2D eigenvalue weighted by atomic mass is 32.2. The van der Waals surface area contributed by atoms with E-state index in [2.05, 4.69) is 5.32 Å². The molecule has 0 radical (unpaired) electrons. The zero-order chi connectivity index (χ0) is 17.2. The Bertz CT molecular complexity index is 513. The van der Waals surface area contributed by atoms with Gasteiger partial charge in [0, 0.05) is 37.1 Å². The highest BCUT2D eigenvalue weighted by Gasteiger charge is 2.36. The normalized spacial score (nSPS) is 22.0.